The van der Waals surface area contributed by atoms with Crippen LogP contribution in [0.25, 0.3) is 5.70 Å². The van der Waals surface area contributed by atoms with Crippen LogP contribution in [-0.2, 0) is 5.41 Å². The first-order valence-corrected chi connectivity index (χ1v) is 6.65. The number of hydrogen-bond acceptors (Lipinski definition) is 2. The summed E-state index contributed by atoms with van der Waals surface area (Å²) < 4.78 is 0. The molecule has 0 aromatic heterocycles. The van der Waals surface area contributed by atoms with Crippen molar-refractivity contribution >= 4 is 17.6 Å². The Bertz CT molecular complexity index is 608. The molecular formula is C17H18N2. The molecule has 1 unspecified atom stereocenters. The van der Waals surface area contributed by atoms with Gasteiger partial charge in [0.15, 0.2) is 0 Å². The number of dihydropyridines is 1. The number of rotatable bonds is 1. The van der Waals surface area contributed by atoms with Gasteiger partial charge in [0.05, 0.1) is 11.4 Å². The maximum Gasteiger partial charge on any atom is 0.112 e. The highest BCUT2D eigenvalue weighted by atomic mass is 14.9. The van der Waals surface area contributed by atoms with Crippen LogP contribution in [0.1, 0.15) is 31.9 Å². The minimum Gasteiger partial charge on any atom is -0.279 e. The summed E-state index contributed by atoms with van der Waals surface area (Å²) in [6.45, 7) is 6.68. The van der Waals surface area contributed by atoms with Crippen LogP contribution in [0.2, 0.25) is 0 Å². The van der Waals surface area contributed by atoms with Crippen molar-refractivity contribution in [3.8, 4) is 0 Å². The molecule has 0 N–H and O–H groups in total. The Labute approximate surface area is 114 Å². The van der Waals surface area contributed by atoms with Gasteiger partial charge in [0.25, 0.3) is 0 Å². The Morgan fingerprint density at radius 1 is 1.05 bits per heavy atom. The van der Waals surface area contributed by atoms with E-state index in [-0.39, 0.29) is 11.5 Å². The first-order valence-electron chi connectivity index (χ1n) is 6.65. The molecule has 3 rings (SSSR count). The van der Waals surface area contributed by atoms with E-state index in [1.807, 2.05) is 18.4 Å². The van der Waals surface area contributed by atoms with Crippen molar-refractivity contribution in [3.63, 3.8) is 0 Å². The summed E-state index contributed by atoms with van der Waals surface area (Å²) in [6.07, 6.45) is 7.94. The molecule has 2 nitrogen and oxygen atoms in total. The van der Waals surface area contributed by atoms with Gasteiger partial charge in [0.2, 0.25) is 0 Å². The van der Waals surface area contributed by atoms with Crippen LogP contribution in [0.4, 0.5) is 0 Å². The maximum atomic E-state index is 4.65. The van der Waals surface area contributed by atoms with E-state index >= 15 is 0 Å². The van der Waals surface area contributed by atoms with E-state index in [1.165, 1.54) is 11.1 Å². The van der Waals surface area contributed by atoms with Gasteiger partial charge in [0, 0.05) is 6.21 Å². The van der Waals surface area contributed by atoms with E-state index in [0.29, 0.717) is 0 Å². The SMILES string of the molecule is CC(C)(C)c1ccc(C2=CC3N=CC=CC3=N2)cc1. The average molecular weight is 250 g/mol. The molecule has 2 aliphatic heterocycles. The monoisotopic (exact) mass is 250 g/mol. The molecule has 2 aliphatic rings. The summed E-state index contributed by atoms with van der Waals surface area (Å²) in [4.78, 5) is 9.05. The number of hydrogen-bond donors (Lipinski definition) is 0. The van der Waals surface area contributed by atoms with E-state index in [4.69, 9.17) is 0 Å². The molecule has 2 heterocycles. The van der Waals surface area contributed by atoms with E-state index in [2.05, 4.69) is 61.1 Å². The number of aliphatic imine (C=N–C) groups is 2. The molecule has 0 saturated carbocycles. The predicted molar refractivity (Wildman–Crippen MR) is 82.0 cm³/mol. The Hall–Kier alpha value is -1.96. The lowest BCUT2D eigenvalue weighted by atomic mass is 9.86. The number of allylic oxidation sites excluding steroid dienone is 1. The van der Waals surface area contributed by atoms with Crippen molar-refractivity contribution in [3.05, 3.63) is 53.6 Å². The van der Waals surface area contributed by atoms with Crippen LogP contribution in [-0.4, -0.2) is 18.0 Å². The van der Waals surface area contributed by atoms with Gasteiger partial charge in [0.1, 0.15) is 6.04 Å². The van der Waals surface area contributed by atoms with Gasteiger partial charge in [-0.1, -0.05) is 45.0 Å². The fourth-order valence-corrected chi connectivity index (χ4v) is 2.32. The Morgan fingerprint density at radius 2 is 1.79 bits per heavy atom. The highest BCUT2D eigenvalue weighted by Gasteiger charge is 2.20. The third-order valence-corrected chi connectivity index (χ3v) is 3.51. The van der Waals surface area contributed by atoms with Crippen LogP contribution >= 0.6 is 0 Å². The van der Waals surface area contributed by atoms with Gasteiger partial charge in [-0.05, 0) is 34.8 Å². The normalized spacial score (nSPS) is 21.1. The first-order chi connectivity index (χ1) is 9.04. The van der Waals surface area contributed by atoms with Gasteiger partial charge in [-0.15, -0.1) is 0 Å². The average Bonchev–Trinajstić information content (AvgIpc) is 2.81. The summed E-state index contributed by atoms with van der Waals surface area (Å²) in [5, 5.41) is 0. The van der Waals surface area contributed by atoms with Crippen LogP contribution in [0.15, 0.2) is 52.5 Å². The lowest BCUT2D eigenvalue weighted by Crippen LogP contribution is -2.12. The number of nitrogens with zero attached hydrogens (tertiary/aromatic N) is 2. The summed E-state index contributed by atoms with van der Waals surface area (Å²) in [5.41, 5.74) is 4.77. The zero-order valence-electron chi connectivity index (χ0n) is 11.6. The topological polar surface area (TPSA) is 24.7 Å². The van der Waals surface area contributed by atoms with Crippen LogP contribution in [0.3, 0.4) is 0 Å². The maximum absolute atomic E-state index is 4.65. The van der Waals surface area contributed by atoms with E-state index in [0.717, 1.165) is 11.4 Å². The fourth-order valence-electron chi connectivity index (χ4n) is 2.32. The Balaban J connectivity index is 1.91. The third-order valence-electron chi connectivity index (χ3n) is 3.51. The van der Waals surface area contributed by atoms with Gasteiger partial charge in [-0.2, -0.15) is 0 Å². The molecule has 1 aromatic carbocycles. The van der Waals surface area contributed by atoms with Crippen molar-refractivity contribution in [1.29, 1.82) is 0 Å². The standard InChI is InChI=1S/C17H18N2/c1-17(2,3)13-8-6-12(7-9-13)15-11-16-14(19-15)5-4-10-18-16/h4-11,16H,1-3H3. The molecule has 0 bridgehead atoms. The summed E-state index contributed by atoms with van der Waals surface area (Å²) >= 11 is 0. The molecule has 2 heteroatoms. The molecular weight excluding hydrogens is 232 g/mol. The summed E-state index contributed by atoms with van der Waals surface area (Å²) in [5.74, 6) is 0. The molecule has 0 radical (unpaired) electrons. The summed E-state index contributed by atoms with van der Waals surface area (Å²) in [6, 6.07) is 8.81. The molecule has 96 valence electrons. The van der Waals surface area contributed by atoms with Crippen LogP contribution in [0, 0.1) is 0 Å². The van der Waals surface area contributed by atoms with Crippen molar-refractivity contribution < 1.29 is 0 Å². The molecule has 0 aliphatic carbocycles. The predicted octanol–water partition coefficient (Wildman–Crippen LogP) is 3.79. The highest BCUT2D eigenvalue weighted by molar-refractivity contribution is 6.11. The van der Waals surface area contributed by atoms with Crippen LogP contribution in [0.5, 0.6) is 0 Å². The molecule has 0 amide bonds. The zero-order valence-corrected chi connectivity index (χ0v) is 11.6. The van der Waals surface area contributed by atoms with Crippen molar-refractivity contribution in [2.24, 2.45) is 9.98 Å². The van der Waals surface area contributed by atoms with Crippen molar-refractivity contribution in [2.75, 3.05) is 0 Å². The van der Waals surface area contributed by atoms with Gasteiger partial charge in [-0.25, -0.2) is 0 Å². The Morgan fingerprint density at radius 3 is 2.42 bits per heavy atom. The molecule has 0 fully saturated rings. The second kappa shape index (κ2) is 4.30. The van der Waals surface area contributed by atoms with E-state index in [1.54, 1.807) is 0 Å². The molecule has 1 atom stereocenters. The second-order valence-electron chi connectivity index (χ2n) is 6.02. The van der Waals surface area contributed by atoms with Gasteiger partial charge < -0.3 is 0 Å². The fraction of sp³-hybridized carbons (Fsp3) is 0.294. The van der Waals surface area contributed by atoms with Gasteiger partial charge >= 0.3 is 0 Å². The zero-order chi connectivity index (χ0) is 13.5. The molecule has 1 aromatic rings. The molecule has 0 saturated heterocycles. The quantitative estimate of drug-likeness (QED) is 0.724. The van der Waals surface area contributed by atoms with Gasteiger partial charge in [-0.3, -0.25) is 9.98 Å². The molecule has 0 spiro atoms. The largest absolute Gasteiger partial charge is 0.279 e. The third kappa shape index (κ3) is 2.30. The first kappa shape index (κ1) is 12.1. The smallest absolute Gasteiger partial charge is 0.112 e. The van der Waals surface area contributed by atoms with Crippen LogP contribution < -0.4 is 0 Å². The minimum absolute atomic E-state index is 0.113. The summed E-state index contributed by atoms with van der Waals surface area (Å²) in [7, 11) is 0. The number of fused-ring (bicyclic) bond motifs is 1. The van der Waals surface area contributed by atoms with Crippen molar-refractivity contribution in [2.45, 2.75) is 32.2 Å². The lowest BCUT2D eigenvalue weighted by molar-refractivity contribution is 0.590. The van der Waals surface area contributed by atoms with E-state index in [9.17, 15) is 0 Å². The van der Waals surface area contributed by atoms with Crippen molar-refractivity contribution in [1.82, 2.24) is 0 Å². The minimum atomic E-state index is 0.113. The molecule has 19 heavy (non-hydrogen) atoms. The number of benzene rings is 1. The highest BCUT2D eigenvalue weighted by Crippen LogP contribution is 2.28. The van der Waals surface area contributed by atoms with E-state index < -0.39 is 0 Å². The lowest BCUT2D eigenvalue weighted by Gasteiger charge is -2.19. The Kier molecular flexibility index (Phi) is 2.74. The second-order valence-corrected chi connectivity index (χ2v) is 6.02.